The predicted molar refractivity (Wildman–Crippen MR) is 53.7 cm³/mol. The largest absolute Gasteiger partial charge is 0.350 e. The van der Waals surface area contributed by atoms with Crippen LogP contribution in [0.2, 0.25) is 0 Å². The van der Waals surface area contributed by atoms with Crippen molar-refractivity contribution in [3.05, 3.63) is 0 Å². The molecule has 0 amide bonds. The summed E-state index contributed by atoms with van der Waals surface area (Å²) in [5.41, 5.74) is 0. The molecule has 1 rings (SSSR count). The topological polar surface area (TPSA) is 18.5 Å². The molecule has 0 saturated carbocycles. The highest BCUT2D eigenvalue weighted by Crippen LogP contribution is 2.24. The van der Waals surface area contributed by atoms with Gasteiger partial charge in [-0.1, -0.05) is 26.2 Å². The van der Waals surface area contributed by atoms with Crippen LogP contribution in [0.15, 0.2) is 0 Å². The number of hydrogen-bond acceptors (Lipinski definition) is 2. The molecule has 0 spiro atoms. The van der Waals surface area contributed by atoms with E-state index in [0.717, 1.165) is 13.0 Å². The van der Waals surface area contributed by atoms with E-state index in [-0.39, 0.29) is 5.79 Å². The molecule has 1 fully saturated rings. The van der Waals surface area contributed by atoms with Gasteiger partial charge in [0.2, 0.25) is 0 Å². The minimum Gasteiger partial charge on any atom is -0.350 e. The van der Waals surface area contributed by atoms with Gasteiger partial charge in [0.05, 0.1) is 12.7 Å². The zero-order valence-electron chi connectivity index (χ0n) is 9.14. The Morgan fingerprint density at radius 1 is 1.31 bits per heavy atom. The maximum absolute atomic E-state index is 5.80. The van der Waals surface area contributed by atoms with Crippen molar-refractivity contribution in [3.8, 4) is 0 Å². The minimum atomic E-state index is -0.352. The Labute approximate surface area is 81.6 Å². The Bertz CT molecular complexity index is 143. The van der Waals surface area contributed by atoms with Crippen molar-refractivity contribution >= 4 is 0 Å². The quantitative estimate of drug-likeness (QED) is 0.628. The number of rotatable bonds is 4. The SMILES string of the molecule is CCCCC[C@@H]1CCOC(C)(C)O1. The van der Waals surface area contributed by atoms with Crippen molar-refractivity contribution < 1.29 is 9.47 Å². The highest BCUT2D eigenvalue weighted by molar-refractivity contribution is 4.68. The van der Waals surface area contributed by atoms with Crippen molar-refractivity contribution in [2.75, 3.05) is 6.61 Å². The van der Waals surface area contributed by atoms with E-state index in [2.05, 4.69) is 6.92 Å². The molecule has 1 atom stereocenters. The van der Waals surface area contributed by atoms with E-state index >= 15 is 0 Å². The molecule has 1 heterocycles. The van der Waals surface area contributed by atoms with E-state index < -0.39 is 0 Å². The molecule has 0 radical (unpaired) electrons. The van der Waals surface area contributed by atoms with Crippen LogP contribution in [0, 0.1) is 0 Å². The summed E-state index contributed by atoms with van der Waals surface area (Å²) in [5.74, 6) is -0.352. The van der Waals surface area contributed by atoms with Gasteiger partial charge in [0.25, 0.3) is 0 Å². The molecule has 13 heavy (non-hydrogen) atoms. The molecule has 0 aliphatic carbocycles. The van der Waals surface area contributed by atoms with Gasteiger partial charge in [-0.25, -0.2) is 0 Å². The molecule has 0 unspecified atom stereocenters. The zero-order chi connectivity index (χ0) is 9.73. The summed E-state index contributed by atoms with van der Waals surface area (Å²) < 4.78 is 11.3. The first-order valence-corrected chi connectivity index (χ1v) is 5.46. The number of ether oxygens (including phenoxy) is 2. The van der Waals surface area contributed by atoms with E-state index in [1.807, 2.05) is 13.8 Å². The summed E-state index contributed by atoms with van der Waals surface area (Å²) in [6.45, 7) is 7.08. The van der Waals surface area contributed by atoms with Gasteiger partial charge >= 0.3 is 0 Å². The highest BCUT2D eigenvalue weighted by Gasteiger charge is 2.28. The van der Waals surface area contributed by atoms with Gasteiger partial charge in [0.15, 0.2) is 5.79 Å². The molecular weight excluding hydrogens is 164 g/mol. The fourth-order valence-corrected chi connectivity index (χ4v) is 1.76. The Hall–Kier alpha value is -0.0800. The lowest BCUT2D eigenvalue weighted by atomic mass is 10.1. The van der Waals surface area contributed by atoms with Gasteiger partial charge in [-0.2, -0.15) is 0 Å². The lowest BCUT2D eigenvalue weighted by molar-refractivity contribution is -0.274. The molecular formula is C11H22O2. The van der Waals surface area contributed by atoms with Crippen molar-refractivity contribution in [1.82, 2.24) is 0 Å². The second-order valence-corrected chi connectivity index (χ2v) is 4.27. The van der Waals surface area contributed by atoms with Gasteiger partial charge in [-0.3, -0.25) is 0 Å². The Balaban J connectivity index is 2.19. The van der Waals surface area contributed by atoms with Crippen LogP contribution >= 0.6 is 0 Å². The fourth-order valence-electron chi connectivity index (χ4n) is 1.76. The first-order chi connectivity index (χ1) is 6.14. The van der Waals surface area contributed by atoms with Crippen LogP contribution in [0.3, 0.4) is 0 Å². The van der Waals surface area contributed by atoms with Crippen LogP contribution in [0.5, 0.6) is 0 Å². The average Bonchev–Trinajstić information content (AvgIpc) is 2.03. The van der Waals surface area contributed by atoms with Crippen molar-refractivity contribution in [2.24, 2.45) is 0 Å². The lowest BCUT2D eigenvalue weighted by Crippen LogP contribution is -2.39. The maximum atomic E-state index is 5.80. The predicted octanol–water partition coefficient (Wildman–Crippen LogP) is 3.11. The first kappa shape index (κ1) is 11.0. The zero-order valence-corrected chi connectivity index (χ0v) is 9.14. The summed E-state index contributed by atoms with van der Waals surface area (Å²) in [4.78, 5) is 0. The lowest BCUT2D eigenvalue weighted by Gasteiger charge is -2.36. The second kappa shape index (κ2) is 4.97. The van der Waals surface area contributed by atoms with Crippen molar-refractivity contribution in [2.45, 2.75) is 64.8 Å². The van der Waals surface area contributed by atoms with Gasteiger partial charge in [0, 0.05) is 0 Å². The van der Waals surface area contributed by atoms with Crippen LogP contribution in [-0.2, 0) is 9.47 Å². The molecule has 0 N–H and O–H groups in total. The molecule has 1 saturated heterocycles. The van der Waals surface area contributed by atoms with Gasteiger partial charge in [-0.15, -0.1) is 0 Å². The molecule has 0 aromatic rings. The standard InChI is InChI=1S/C11H22O2/c1-4-5-6-7-10-8-9-12-11(2,3)13-10/h10H,4-9H2,1-3H3/t10-/m1/s1. The third-order valence-corrected chi connectivity index (χ3v) is 2.47. The molecule has 0 bridgehead atoms. The molecule has 0 aromatic heterocycles. The van der Waals surface area contributed by atoms with E-state index in [1.165, 1.54) is 25.7 Å². The minimum absolute atomic E-state index is 0.352. The van der Waals surface area contributed by atoms with Crippen LogP contribution in [-0.4, -0.2) is 18.5 Å². The van der Waals surface area contributed by atoms with E-state index in [0.29, 0.717) is 6.10 Å². The van der Waals surface area contributed by atoms with E-state index in [4.69, 9.17) is 9.47 Å². The third kappa shape index (κ3) is 4.10. The van der Waals surface area contributed by atoms with Gasteiger partial charge < -0.3 is 9.47 Å². The second-order valence-electron chi connectivity index (χ2n) is 4.27. The van der Waals surface area contributed by atoms with Gasteiger partial charge in [0.1, 0.15) is 0 Å². The van der Waals surface area contributed by atoms with Gasteiger partial charge in [-0.05, 0) is 26.7 Å². The fraction of sp³-hybridized carbons (Fsp3) is 1.00. The molecule has 78 valence electrons. The maximum Gasteiger partial charge on any atom is 0.163 e. The molecule has 1 aliphatic heterocycles. The van der Waals surface area contributed by atoms with Crippen LogP contribution in [0.4, 0.5) is 0 Å². The smallest absolute Gasteiger partial charge is 0.163 e. The van der Waals surface area contributed by atoms with Crippen LogP contribution in [0.25, 0.3) is 0 Å². The highest BCUT2D eigenvalue weighted by atomic mass is 16.7. The number of unbranched alkanes of at least 4 members (excludes halogenated alkanes) is 2. The Morgan fingerprint density at radius 2 is 2.08 bits per heavy atom. The van der Waals surface area contributed by atoms with E-state index in [1.54, 1.807) is 0 Å². The van der Waals surface area contributed by atoms with E-state index in [9.17, 15) is 0 Å². The van der Waals surface area contributed by atoms with Crippen LogP contribution < -0.4 is 0 Å². The molecule has 2 heteroatoms. The number of hydrogen-bond donors (Lipinski definition) is 0. The average molecular weight is 186 g/mol. The molecule has 0 aromatic carbocycles. The Kier molecular flexibility index (Phi) is 4.20. The Morgan fingerprint density at radius 3 is 2.69 bits per heavy atom. The summed E-state index contributed by atoms with van der Waals surface area (Å²) in [7, 11) is 0. The first-order valence-electron chi connectivity index (χ1n) is 5.46. The summed E-state index contributed by atoms with van der Waals surface area (Å²) in [6, 6.07) is 0. The summed E-state index contributed by atoms with van der Waals surface area (Å²) >= 11 is 0. The van der Waals surface area contributed by atoms with Crippen molar-refractivity contribution in [3.63, 3.8) is 0 Å². The summed E-state index contributed by atoms with van der Waals surface area (Å²) in [6.07, 6.45) is 6.58. The normalized spacial score (nSPS) is 27.5. The van der Waals surface area contributed by atoms with Crippen LogP contribution in [0.1, 0.15) is 52.9 Å². The molecule has 2 nitrogen and oxygen atoms in total. The third-order valence-electron chi connectivity index (χ3n) is 2.47. The monoisotopic (exact) mass is 186 g/mol. The van der Waals surface area contributed by atoms with Crippen molar-refractivity contribution in [1.29, 1.82) is 0 Å². The molecule has 1 aliphatic rings. The summed E-state index contributed by atoms with van der Waals surface area (Å²) in [5, 5.41) is 0.